The van der Waals surface area contributed by atoms with Crippen LogP contribution in [0.5, 0.6) is 0 Å². The number of rotatable bonds is 5. The summed E-state index contributed by atoms with van der Waals surface area (Å²) in [5.74, 6) is 0.301. The summed E-state index contributed by atoms with van der Waals surface area (Å²) in [5, 5.41) is 2.40. The zero-order valence-corrected chi connectivity index (χ0v) is 10.8. The minimum atomic E-state index is -0.672. The van der Waals surface area contributed by atoms with E-state index >= 15 is 0 Å². The van der Waals surface area contributed by atoms with Crippen LogP contribution in [-0.4, -0.2) is 35.5 Å². The number of hydrogen-bond donors (Lipinski definition) is 2. The summed E-state index contributed by atoms with van der Waals surface area (Å²) in [5.41, 5.74) is 4.99. The van der Waals surface area contributed by atoms with Gasteiger partial charge in [-0.15, -0.1) is 0 Å². The number of primary amides is 1. The molecule has 0 aliphatic carbocycles. The molecule has 0 saturated heterocycles. The van der Waals surface area contributed by atoms with E-state index in [2.05, 4.69) is 19.2 Å². The van der Waals surface area contributed by atoms with Crippen molar-refractivity contribution in [1.82, 2.24) is 10.2 Å². The Hall–Kier alpha value is -1.26. The van der Waals surface area contributed by atoms with Crippen molar-refractivity contribution in [2.75, 3.05) is 6.54 Å². The largest absolute Gasteiger partial charge is 0.352 e. The third kappa shape index (κ3) is 5.00. The fourth-order valence-corrected chi connectivity index (χ4v) is 1.47. The van der Waals surface area contributed by atoms with Gasteiger partial charge in [-0.3, -0.25) is 4.79 Å². The molecule has 0 heterocycles. The van der Waals surface area contributed by atoms with E-state index in [1.807, 2.05) is 13.8 Å². The molecule has 0 aliphatic rings. The van der Waals surface area contributed by atoms with Crippen molar-refractivity contribution >= 4 is 11.9 Å². The zero-order valence-electron chi connectivity index (χ0n) is 10.8. The third-order valence-corrected chi connectivity index (χ3v) is 2.20. The number of nitrogens with two attached hydrogens (primary N) is 1. The molecule has 0 aromatic heterocycles. The molecule has 5 nitrogen and oxygen atoms in total. The molecule has 16 heavy (non-hydrogen) atoms. The van der Waals surface area contributed by atoms with Crippen molar-refractivity contribution in [1.29, 1.82) is 0 Å². The molecular weight excluding hydrogens is 206 g/mol. The Labute approximate surface area is 97.4 Å². The molecule has 0 spiro atoms. The van der Waals surface area contributed by atoms with Gasteiger partial charge in [0.2, 0.25) is 5.91 Å². The standard InChI is InChI=1S/C11H23N3O2/c1-7(2)6-14(8(3)4)10(15)9(5)13-11(12)16/h7-9H,6H2,1-5H3,(H3,12,13,16). The highest BCUT2D eigenvalue weighted by Gasteiger charge is 2.23. The first kappa shape index (κ1) is 14.7. The summed E-state index contributed by atoms with van der Waals surface area (Å²) < 4.78 is 0. The van der Waals surface area contributed by atoms with E-state index in [0.717, 1.165) is 0 Å². The Morgan fingerprint density at radius 1 is 1.19 bits per heavy atom. The normalized spacial score (nSPS) is 12.7. The number of nitrogens with one attached hydrogen (secondary N) is 1. The molecule has 1 unspecified atom stereocenters. The van der Waals surface area contributed by atoms with Crippen molar-refractivity contribution in [3.8, 4) is 0 Å². The van der Waals surface area contributed by atoms with Gasteiger partial charge in [0.1, 0.15) is 6.04 Å². The summed E-state index contributed by atoms with van der Waals surface area (Å²) in [7, 11) is 0. The summed E-state index contributed by atoms with van der Waals surface area (Å²) >= 11 is 0. The first-order valence-corrected chi connectivity index (χ1v) is 5.62. The summed E-state index contributed by atoms with van der Waals surface area (Å²) in [6, 6.07) is -1.13. The van der Waals surface area contributed by atoms with Crippen LogP contribution in [0.4, 0.5) is 4.79 Å². The quantitative estimate of drug-likeness (QED) is 0.736. The molecular formula is C11H23N3O2. The number of urea groups is 1. The van der Waals surface area contributed by atoms with Crippen molar-refractivity contribution in [2.45, 2.75) is 46.7 Å². The van der Waals surface area contributed by atoms with Crippen LogP contribution in [0.1, 0.15) is 34.6 Å². The minimum absolute atomic E-state index is 0.0949. The van der Waals surface area contributed by atoms with E-state index in [9.17, 15) is 9.59 Å². The highest BCUT2D eigenvalue weighted by Crippen LogP contribution is 2.06. The number of carbonyl (C=O) groups excluding carboxylic acids is 2. The second-order valence-electron chi connectivity index (χ2n) is 4.71. The maximum atomic E-state index is 12.0. The van der Waals surface area contributed by atoms with Crippen molar-refractivity contribution in [3.63, 3.8) is 0 Å². The Morgan fingerprint density at radius 3 is 2.00 bits per heavy atom. The lowest BCUT2D eigenvalue weighted by atomic mass is 10.1. The van der Waals surface area contributed by atoms with Gasteiger partial charge in [-0.25, -0.2) is 4.79 Å². The van der Waals surface area contributed by atoms with Crippen LogP contribution >= 0.6 is 0 Å². The van der Waals surface area contributed by atoms with Gasteiger partial charge in [0.05, 0.1) is 0 Å². The molecule has 0 aromatic rings. The van der Waals surface area contributed by atoms with Gasteiger partial charge >= 0.3 is 6.03 Å². The minimum Gasteiger partial charge on any atom is -0.352 e. The molecule has 3 N–H and O–H groups in total. The van der Waals surface area contributed by atoms with E-state index in [-0.39, 0.29) is 11.9 Å². The molecule has 0 fully saturated rings. The maximum absolute atomic E-state index is 12.0. The van der Waals surface area contributed by atoms with E-state index < -0.39 is 12.1 Å². The fraction of sp³-hybridized carbons (Fsp3) is 0.818. The van der Waals surface area contributed by atoms with Crippen LogP contribution in [-0.2, 0) is 4.79 Å². The SMILES string of the molecule is CC(C)CN(C(=O)C(C)NC(N)=O)C(C)C. The fourth-order valence-electron chi connectivity index (χ4n) is 1.47. The molecule has 1 atom stereocenters. The topological polar surface area (TPSA) is 75.4 Å². The number of carbonyl (C=O) groups is 2. The molecule has 0 aliphatic heterocycles. The lowest BCUT2D eigenvalue weighted by molar-refractivity contribution is -0.135. The first-order chi connectivity index (χ1) is 7.25. The van der Waals surface area contributed by atoms with E-state index in [4.69, 9.17) is 5.73 Å². The molecule has 94 valence electrons. The van der Waals surface area contributed by atoms with E-state index in [0.29, 0.717) is 12.5 Å². The lowest BCUT2D eigenvalue weighted by Crippen LogP contribution is -2.51. The van der Waals surface area contributed by atoms with Gasteiger partial charge in [-0.05, 0) is 26.7 Å². The van der Waals surface area contributed by atoms with Gasteiger partial charge in [0.15, 0.2) is 0 Å². The maximum Gasteiger partial charge on any atom is 0.312 e. The predicted molar refractivity (Wildman–Crippen MR) is 63.9 cm³/mol. The Kier molecular flexibility index (Phi) is 5.85. The number of hydrogen-bond acceptors (Lipinski definition) is 2. The third-order valence-electron chi connectivity index (χ3n) is 2.20. The van der Waals surface area contributed by atoms with Crippen LogP contribution in [0.25, 0.3) is 0 Å². The Morgan fingerprint density at radius 2 is 1.69 bits per heavy atom. The Bertz CT molecular complexity index is 252. The number of amides is 3. The molecule has 0 saturated carbocycles. The van der Waals surface area contributed by atoms with Gasteiger partial charge in [-0.2, -0.15) is 0 Å². The molecule has 5 heteroatoms. The highest BCUT2D eigenvalue weighted by atomic mass is 16.2. The second kappa shape index (κ2) is 6.35. The smallest absolute Gasteiger partial charge is 0.312 e. The molecule has 0 bridgehead atoms. The summed E-state index contributed by atoms with van der Waals surface area (Å²) in [6.45, 7) is 10.3. The Balaban J connectivity index is 4.54. The van der Waals surface area contributed by atoms with Gasteiger partial charge in [0, 0.05) is 12.6 Å². The van der Waals surface area contributed by atoms with Crippen LogP contribution in [0.15, 0.2) is 0 Å². The zero-order chi connectivity index (χ0) is 12.9. The van der Waals surface area contributed by atoms with Gasteiger partial charge in [-0.1, -0.05) is 13.8 Å². The van der Waals surface area contributed by atoms with E-state index in [1.54, 1.807) is 11.8 Å². The second-order valence-corrected chi connectivity index (χ2v) is 4.71. The summed E-state index contributed by atoms with van der Waals surface area (Å²) in [6.07, 6.45) is 0. The first-order valence-electron chi connectivity index (χ1n) is 5.62. The average molecular weight is 229 g/mol. The highest BCUT2D eigenvalue weighted by molar-refractivity contribution is 5.86. The van der Waals surface area contributed by atoms with Crippen molar-refractivity contribution < 1.29 is 9.59 Å². The van der Waals surface area contributed by atoms with Gasteiger partial charge in [0.25, 0.3) is 0 Å². The molecule has 0 aromatic carbocycles. The molecule has 3 amide bonds. The molecule has 0 rings (SSSR count). The summed E-state index contributed by atoms with van der Waals surface area (Å²) in [4.78, 5) is 24.4. The average Bonchev–Trinajstić information content (AvgIpc) is 2.11. The predicted octanol–water partition coefficient (Wildman–Crippen LogP) is 0.936. The van der Waals surface area contributed by atoms with Crippen molar-refractivity contribution in [2.24, 2.45) is 11.7 Å². The van der Waals surface area contributed by atoms with Crippen LogP contribution in [0.3, 0.4) is 0 Å². The van der Waals surface area contributed by atoms with Crippen LogP contribution in [0, 0.1) is 5.92 Å². The van der Waals surface area contributed by atoms with E-state index in [1.165, 1.54) is 0 Å². The van der Waals surface area contributed by atoms with Gasteiger partial charge < -0.3 is 16.0 Å². The number of nitrogens with zero attached hydrogens (tertiary/aromatic N) is 1. The molecule has 0 radical (unpaired) electrons. The van der Waals surface area contributed by atoms with Crippen LogP contribution in [0.2, 0.25) is 0 Å². The monoisotopic (exact) mass is 229 g/mol. The lowest BCUT2D eigenvalue weighted by Gasteiger charge is -2.31. The van der Waals surface area contributed by atoms with Crippen LogP contribution < -0.4 is 11.1 Å². The van der Waals surface area contributed by atoms with Crippen molar-refractivity contribution in [3.05, 3.63) is 0 Å².